The van der Waals surface area contributed by atoms with Crippen LogP contribution in [0.2, 0.25) is 0 Å². The second-order valence-electron chi connectivity index (χ2n) is 4.51. The lowest BCUT2D eigenvalue weighted by Crippen LogP contribution is -2.19. The first-order chi connectivity index (χ1) is 9.90. The fourth-order valence-corrected chi connectivity index (χ4v) is 2.60. The van der Waals surface area contributed by atoms with E-state index in [9.17, 15) is 0 Å². The van der Waals surface area contributed by atoms with Gasteiger partial charge in [0, 0.05) is 32.2 Å². The lowest BCUT2D eigenvalue weighted by atomic mass is 10.2. The van der Waals surface area contributed by atoms with Crippen molar-refractivity contribution >= 4 is 11.3 Å². The maximum absolute atomic E-state index is 5.90. The molecule has 1 aromatic heterocycles. The Kier molecular flexibility index (Phi) is 6.57. The van der Waals surface area contributed by atoms with Gasteiger partial charge in [0.15, 0.2) is 0 Å². The SMILES string of the molecule is COCCNCc1ccccc1OCCc1ccsc1. The molecule has 0 saturated heterocycles. The second-order valence-corrected chi connectivity index (χ2v) is 5.29. The molecule has 1 N–H and O–H groups in total. The first kappa shape index (κ1) is 15.0. The van der Waals surface area contributed by atoms with Crippen molar-refractivity contribution in [1.29, 1.82) is 0 Å². The van der Waals surface area contributed by atoms with Crippen LogP contribution < -0.4 is 10.1 Å². The molecule has 0 spiro atoms. The van der Waals surface area contributed by atoms with E-state index < -0.39 is 0 Å². The molecule has 0 saturated carbocycles. The molecule has 0 atom stereocenters. The van der Waals surface area contributed by atoms with Crippen LogP contribution in [-0.4, -0.2) is 26.9 Å². The van der Waals surface area contributed by atoms with Crippen molar-refractivity contribution in [3.8, 4) is 5.75 Å². The lowest BCUT2D eigenvalue weighted by Gasteiger charge is -2.12. The lowest BCUT2D eigenvalue weighted by molar-refractivity contribution is 0.199. The highest BCUT2D eigenvalue weighted by Crippen LogP contribution is 2.18. The third kappa shape index (κ3) is 4.96. The Bertz CT molecular complexity index is 485. The predicted molar refractivity (Wildman–Crippen MR) is 83.5 cm³/mol. The van der Waals surface area contributed by atoms with Crippen molar-refractivity contribution < 1.29 is 9.47 Å². The average Bonchev–Trinajstić information content (AvgIpc) is 2.98. The minimum absolute atomic E-state index is 0.714. The van der Waals surface area contributed by atoms with Gasteiger partial charge in [0.2, 0.25) is 0 Å². The van der Waals surface area contributed by atoms with E-state index in [1.165, 1.54) is 11.1 Å². The Balaban J connectivity index is 1.80. The van der Waals surface area contributed by atoms with Gasteiger partial charge in [-0.25, -0.2) is 0 Å². The Hall–Kier alpha value is -1.36. The molecule has 0 aliphatic rings. The maximum Gasteiger partial charge on any atom is 0.123 e. The summed E-state index contributed by atoms with van der Waals surface area (Å²) < 4.78 is 10.9. The molecule has 2 aromatic rings. The summed E-state index contributed by atoms with van der Waals surface area (Å²) in [5.74, 6) is 0.965. The highest BCUT2D eigenvalue weighted by atomic mass is 32.1. The van der Waals surface area contributed by atoms with Gasteiger partial charge < -0.3 is 14.8 Å². The van der Waals surface area contributed by atoms with Gasteiger partial charge in [0.25, 0.3) is 0 Å². The molecule has 1 aromatic carbocycles. The van der Waals surface area contributed by atoms with Gasteiger partial charge in [0.05, 0.1) is 13.2 Å². The van der Waals surface area contributed by atoms with Crippen LogP contribution in [0.3, 0.4) is 0 Å². The molecule has 108 valence electrons. The zero-order valence-corrected chi connectivity index (χ0v) is 12.6. The van der Waals surface area contributed by atoms with E-state index in [1.54, 1.807) is 18.4 Å². The number of methoxy groups -OCH3 is 1. The van der Waals surface area contributed by atoms with E-state index in [-0.39, 0.29) is 0 Å². The molecule has 0 radical (unpaired) electrons. The summed E-state index contributed by atoms with van der Waals surface area (Å²) in [7, 11) is 1.71. The number of nitrogens with one attached hydrogen (secondary N) is 1. The Morgan fingerprint density at radius 1 is 1.15 bits per heavy atom. The minimum atomic E-state index is 0.714. The van der Waals surface area contributed by atoms with E-state index in [0.29, 0.717) is 6.61 Å². The van der Waals surface area contributed by atoms with Gasteiger partial charge in [0.1, 0.15) is 5.75 Å². The normalized spacial score (nSPS) is 10.7. The Labute approximate surface area is 124 Å². The van der Waals surface area contributed by atoms with Crippen LogP contribution >= 0.6 is 11.3 Å². The minimum Gasteiger partial charge on any atom is -0.493 e. The highest BCUT2D eigenvalue weighted by molar-refractivity contribution is 7.07. The monoisotopic (exact) mass is 291 g/mol. The molecule has 20 heavy (non-hydrogen) atoms. The Morgan fingerprint density at radius 2 is 2.05 bits per heavy atom. The molecule has 2 rings (SSSR count). The maximum atomic E-state index is 5.90. The molecule has 0 aliphatic heterocycles. The number of rotatable bonds is 9. The van der Waals surface area contributed by atoms with Crippen LogP contribution in [0.5, 0.6) is 5.75 Å². The molecule has 0 fully saturated rings. The molecule has 0 aliphatic carbocycles. The van der Waals surface area contributed by atoms with Gasteiger partial charge >= 0.3 is 0 Å². The van der Waals surface area contributed by atoms with Crippen molar-refractivity contribution in [1.82, 2.24) is 5.32 Å². The molecule has 0 unspecified atom stereocenters. The number of hydrogen-bond donors (Lipinski definition) is 1. The van der Waals surface area contributed by atoms with Crippen LogP contribution in [0.1, 0.15) is 11.1 Å². The third-order valence-corrected chi connectivity index (χ3v) is 3.73. The average molecular weight is 291 g/mol. The molecular weight excluding hydrogens is 270 g/mol. The number of ether oxygens (including phenoxy) is 2. The fraction of sp³-hybridized carbons (Fsp3) is 0.375. The van der Waals surface area contributed by atoms with E-state index in [1.807, 2.05) is 18.2 Å². The van der Waals surface area contributed by atoms with Crippen molar-refractivity contribution in [2.75, 3.05) is 26.9 Å². The van der Waals surface area contributed by atoms with Gasteiger partial charge in [-0.15, -0.1) is 0 Å². The van der Waals surface area contributed by atoms with Crippen LogP contribution in [0, 0.1) is 0 Å². The van der Waals surface area contributed by atoms with Crippen LogP contribution in [0.15, 0.2) is 41.1 Å². The van der Waals surface area contributed by atoms with Crippen LogP contribution in [0.4, 0.5) is 0 Å². The van der Waals surface area contributed by atoms with Gasteiger partial charge in [-0.3, -0.25) is 0 Å². The van der Waals surface area contributed by atoms with Crippen molar-refractivity contribution in [3.63, 3.8) is 0 Å². The summed E-state index contributed by atoms with van der Waals surface area (Å²) in [4.78, 5) is 0. The zero-order chi connectivity index (χ0) is 14.0. The van der Waals surface area contributed by atoms with Crippen molar-refractivity contribution in [2.24, 2.45) is 0 Å². The Morgan fingerprint density at radius 3 is 2.85 bits per heavy atom. The van der Waals surface area contributed by atoms with Gasteiger partial charge in [-0.1, -0.05) is 18.2 Å². The number of benzene rings is 1. The van der Waals surface area contributed by atoms with E-state index in [0.717, 1.165) is 31.9 Å². The first-order valence-electron chi connectivity index (χ1n) is 6.81. The second kappa shape index (κ2) is 8.74. The van der Waals surface area contributed by atoms with E-state index >= 15 is 0 Å². The number of thiophene rings is 1. The fourth-order valence-electron chi connectivity index (χ4n) is 1.90. The van der Waals surface area contributed by atoms with E-state index in [2.05, 4.69) is 28.2 Å². The quantitative estimate of drug-likeness (QED) is 0.720. The molecule has 4 heteroatoms. The van der Waals surface area contributed by atoms with Gasteiger partial charge in [-0.2, -0.15) is 11.3 Å². The zero-order valence-electron chi connectivity index (χ0n) is 11.8. The highest BCUT2D eigenvalue weighted by Gasteiger charge is 2.03. The summed E-state index contributed by atoms with van der Waals surface area (Å²) in [6, 6.07) is 10.3. The van der Waals surface area contributed by atoms with Gasteiger partial charge in [-0.05, 0) is 28.5 Å². The first-order valence-corrected chi connectivity index (χ1v) is 7.76. The van der Waals surface area contributed by atoms with Crippen molar-refractivity contribution in [2.45, 2.75) is 13.0 Å². The largest absolute Gasteiger partial charge is 0.493 e. The summed E-state index contributed by atoms with van der Waals surface area (Å²) in [6.07, 6.45) is 0.953. The predicted octanol–water partition coefficient (Wildman–Crippen LogP) is 3.11. The summed E-state index contributed by atoms with van der Waals surface area (Å²) >= 11 is 1.73. The molecular formula is C16H21NO2S. The summed E-state index contributed by atoms with van der Waals surface area (Å²) in [5.41, 5.74) is 2.53. The third-order valence-electron chi connectivity index (χ3n) is 3.00. The van der Waals surface area contributed by atoms with Crippen LogP contribution in [0.25, 0.3) is 0 Å². The molecule has 3 nitrogen and oxygen atoms in total. The topological polar surface area (TPSA) is 30.5 Å². The van der Waals surface area contributed by atoms with Crippen LogP contribution in [-0.2, 0) is 17.7 Å². The van der Waals surface area contributed by atoms with Crippen molar-refractivity contribution in [3.05, 3.63) is 52.2 Å². The standard InChI is InChI=1S/C16H21NO2S/c1-18-10-8-17-12-15-4-2-3-5-16(15)19-9-6-14-7-11-20-13-14/h2-5,7,11,13,17H,6,8-10,12H2,1H3. The number of hydrogen-bond acceptors (Lipinski definition) is 4. The molecule has 0 amide bonds. The molecule has 0 bridgehead atoms. The summed E-state index contributed by atoms with van der Waals surface area (Å²) in [6.45, 7) is 3.09. The van der Waals surface area contributed by atoms with E-state index in [4.69, 9.17) is 9.47 Å². The molecule has 1 heterocycles. The summed E-state index contributed by atoms with van der Waals surface area (Å²) in [5, 5.41) is 7.61. The number of para-hydroxylation sites is 1. The smallest absolute Gasteiger partial charge is 0.123 e.